The lowest BCUT2D eigenvalue weighted by molar-refractivity contribution is 0.330. The number of nitrogens with one attached hydrogen (secondary N) is 1. The van der Waals surface area contributed by atoms with Crippen molar-refractivity contribution in [1.82, 2.24) is 19.9 Å². The second-order valence-corrected chi connectivity index (χ2v) is 6.95. The van der Waals surface area contributed by atoms with Crippen molar-refractivity contribution in [2.45, 2.75) is 11.8 Å². The van der Waals surface area contributed by atoms with E-state index in [0.717, 1.165) is 6.26 Å². The van der Waals surface area contributed by atoms with Crippen LogP contribution in [0, 0.1) is 0 Å². The predicted octanol–water partition coefficient (Wildman–Crippen LogP) is 1.97. The van der Waals surface area contributed by atoms with E-state index in [1.165, 1.54) is 18.3 Å². The van der Waals surface area contributed by atoms with Crippen LogP contribution in [0.5, 0.6) is 5.88 Å². The molecule has 0 amide bonds. The fourth-order valence-corrected chi connectivity index (χ4v) is 2.68. The summed E-state index contributed by atoms with van der Waals surface area (Å²) in [6.07, 6.45) is 4.25. The fraction of sp³-hybridized carbons (Fsp3) is 0.200. The van der Waals surface area contributed by atoms with Crippen LogP contribution in [-0.2, 0) is 9.84 Å². The molecular weight excluding hydrogens is 330 g/mol. The number of fused-ring (bicyclic) bond motifs is 1. The van der Waals surface area contributed by atoms with Gasteiger partial charge < -0.3 is 10.1 Å². The van der Waals surface area contributed by atoms with Crippen molar-refractivity contribution in [3.63, 3.8) is 0 Å². The van der Waals surface area contributed by atoms with E-state index < -0.39 is 9.84 Å². The van der Waals surface area contributed by atoms with Crippen molar-refractivity contribution >= 4 is 32.6 Å². The first kappa shape index (κ1) is 16.1. The largest absolute Gasteiger partial charge is 0.476 e. The first-order valence-electron chi connectivity index (χ1n) is 7.16. The van der Waals surface area contributed by atoms with E-state index >= 15 is 0 Å². The molecule has 9 heteroatoms. The number of rotatable bonds is 5. The van der Waals surface area contributed by atoms with Gasteiger partial charge in [0, 0.05) is 24.3 Å². The van der Waals surface area contributed by atoms with Crippen LogP contribution >= 0.6 is 0 Å². The summed E-state index contributed by atoms with van der Waals surface area (Å²) in [6.45, 7) is 2.28. The third-order valence-electron chi connectivity index (χ3n) is 3.12. The maximum Gasteiger partial charge on any atom is 0.247 e. The molecule has 0 unspecified atom stereocenters. The average Bonchev–Trinajstić information content (AvgIpc) is 2.55. The fourth-order valence-electron chi connectivity index (χ4n) is 2.05. The molecule has 0 fully saturated rings. The minimum absolute atomic E-state index is 0.244. The Labute approximate surface area is 138 Å². The Morgan fingerprint density at radius 3 is 2.46 bits per heavy atom. The number of ether oxygens (including phenoxy) is 1. The van der Waals surface area contributed by atoms with E-state index in [9.17, 15) is 8.42 Å². The monoisotopic (exact) mass is 345 g/mol. The van der Waals surface area contributed by atoms with Crippen LogP contribution in [0.15, 0.2) is 41.6 Å². The quantitative estimate of drug-likeness (QED) is 0.748. The van der Waals surface area contributed by atoms with Crippen molar-refractivity contribution in [3.8, 4) is 5.88 Å². The van der Waals surface area contributed by atoms with Crippen LogP contribution < -0.4 is 10.1 Å². The molecule has 1 aromatic carbocycles. The molecule has 0 aliphatic heterocycles. The molecule has 0 atom stereocenters. The molecule has 3 aromatic rings. The maximum atomic E-state index is 11.5. The normalized spacial score (nSPS) is 11.4. The van der Waals surface area contributed by atoms with Crippen LogP contribution in [-0.4, -0.2) is 41.2 Å². The second-order valence-electron chi connectivity index (χ2n) is 4.94. The van der Waals surface area contributed by atoms with Gasteiger partial charge in [0.1, 0.15) is 0 Å². The summed E-state index contributed by atoms with van der Waals surface area (Å²) in [4.78, 5) is 17.2. The van der Waals surface area contributed by atoms with Gasteiger partial charge in [-0.2, -0.15) is 9.97 Å². The third kappa shape index (κ3) is 3.40. The topological polar surface area (TPSA) is 107 Å². The molecule has 0 saturated heterocycles. The van der Waals surface area contributed by atoms with Crippen LogP contribution in [0.1, 0.15) is 6.92 Å². The van der Waals surface area contributed by atoms with Crippen LogP contribution in [0.2, 0.25) is 0 Å². The van der Waals surface area contributed by atoms with Crippen molar-refractivity contribution < 1.29 is 13.2 Å². The van der Waals surface area contributed by atoms with Crippen molar-refractivity contribution in [2.75, 3.05) is 18.2 Å². The van der Waals surface area contributed by atoms with Gasteiger partial charge in [0.2, 0.25) is 11.8 Å². The summed E-state index contributed by atoms with van der Waals surface area (Å²) < 4.78 is 28.5. The summed E-state index contributed by atoms with van der Waals surface area (Å²) in [6, 6.07) is 6.31. The van der Waals surface area contributed by atoms with Crippen molar-refractivity contribution in [3.05, 3.63) is 36.7 Å². The Morgan fingerprint density at radius 1 is 1.08 bits per heavy atom. The molecule has 0 bridgehead atoms. The Morgan fingerprint density at radius 2 is 1.79 bits per heavy atom. The number of sulfone groups is 1. The second kappa shape index (κ2) is 6.36. The minimum Gasteiger partial charge on any atom is -0.476 e. The van der Waals surface area contributed by atoms with E-state index in [2.05, 4.69) is 25.3 Å². The van der Waals surface area contributed by atoms with E-state index in [4.69, 9.17) is 4.74 Å². The zero-order chi connectivity index (χ0) is 17.2. The first-order valence-corrected chi connectivity index (χ1v) is 9.05. The van der Waals surface area contributed by atoms with Gasteiger partial charge in [0.05, 0.1) is 11.5 Å². The highest BCUT2D eigenvalue weighted by atomic mass is 32.2. The smallest absolute Gasteiger partial charge is 0.247 e. The average molecular weight is 345 g/mol. The lowest BCUT2D eigenvalue weighted by atomic mass is 10.3. The molecule has 2 heterocycles. The lowest BCUT2D eigenvalue weighted by Gasteiger charge is -2.09. The number of anilines is 2. The highest BCUT2D eigenvalue weighted by Gasteiger charge is 2.11. The summed E-state index contributed by atoms with van der Waals surface area (Å²) in [7, 11) is -3.23. The van der Waals surface area contributed by atoms with Gasteiger partial charge >= 0.3 is 0 Å². The molecule has 0 saturated carbocycles. The van der Waals surface area contributed by atoms with Crippen LogP contribution in [0.25, 0.3) is 11.2 Å². The molecule has 0 aliphatic carbocycles. The molecule has 8 nitrogen and oxygen atoms in total. The van der Waals surface area contributed by atoms with Gasteiger partial charge in [-0.3, -0.25) is 0 Å². The number of hydrogen-bond acceptors (Lipinski definition) is 8. The van der Waals surface area contributed by atoms with Crippen molar-refractivity contribution in [2.24, 2.45) is 0 Å². The Kier molecular flexibility index (Phi) is 4.26. The maximum absolute atomic E-state index is 11.5. The molecule has 124 valence electrons. The van der Waals surface area contributed by atoms with Gasteiger partial charge in [-0.1, -0.05) is 0 Å². The van der Waals surface area contributed by atoms with Gasteiger partial charge in [0.25, 0.3) is 0 Å². The zero-order valence-electron chi connectivity index (χ0n) is 13.1. The lowest BCUT2D eigenvalue weighted by Crippen LogP contribution is -2.04. The van der Waals surface area contributed by atoms with Crippen molar-refractivity contribution in [1.29, 1.82) is 0 Å². The third-order valence-corrected chi connectivity index (χ3v) is 4.25. The van der Waals surface area contributed by atoms with Crippen LogP contribution in [0.3, 0.4) is 0 Å². The predicted molar refractivity (Wildman–Crippen MR) is 89.1 cm³/mol. The number of hydrogen-bond donors (Lipinski definition) is 1. The van der Waals surface area contributed by atoms with Gasteiger partial charge in [-0.05, 0) is 31.2 Å². The summed E-state index contributed by atoms with van der Waals surface area (Å²) >= 11 is 0. The minimum atomic E-state index is -3.23. The summed E-state index contributed by atoms with van der Waals surface area (Å²) in [5, 5.41) is 3.01. The number of benzene rings is 1. The highest BCUT2D eigenvalue weighted by Crippen LogP contribution is 2.23. The molecule has 24 heavy (non-hydrogen) atoms. The molecule has 0 spiro atoms. The molecule has 2 aromatic heterocycles. The standard InChI is InChI=1S/C15H15N5O3S/c1-3-23-14-12-13(17-9-8-16-12)19-15(20-14)18-10-4-6-11(7-5-10)24(2,21)22/h4-9H,3H2,1-2H3,(H,17,18,19,20). The summed E-state index contributed by atoms with van der Waals surface area (Å²) in [5.74, 6) is 0.629. The Balaban J connectivity index is 1.95. The molecular formula is C15H15N5O3S. The molecule has 0 radical (unpaired) electrons. The first-order chi connectivity index (χ1) is 11.5. The summed E-state index contributed by atoms with van der Waals surface area (Å²) in [5.41, 5.74) is 1.54. The van der Waals surface area contributed by atoms with Crippen LogP contribution in [0.4, 0.5) is 11.6 Å². The molecule has 1 N–H and O–H groups in total. The Hall–Kier alpha value is -2.81. The van der Waals surface area contributed by atoms with Gasteiger partial charge in [-0.25, -0.2) is 18.4 Å². The van der Waals surface area contributed by atoms with Gasteiger partial charge in [-0.15, -0.1) is 0 Å². The SMILES string of the molecule is CCOc1nc(Nc2ccc(S(C)(=O)=O)cc2)nc2nccnc12. The zero-order valence-corrected chi connectivity index (χ0v) is 13.9. The number of aromatic nitrogens is 4. The molecule has 0 aliphatic rings. The van der Waals surface area contributed by atoms with Gasteiger partial charge in [0.15, 0.2) is 21.0 Å². The van der Waals surface area contributed by atoms with E-state index in [1.54, 1.807) is 18.3 Å². The highest BCUT2D eigenvalue weighted by molar-refractivity contribution is 7.90. The van der Waals surface area contributed by atoms with E-state index in [-0.39, 0.29) is 4.90 Å². The number of nitrogens with zero attached hydrogens (tertiary/aromatic N) is 4. The Bertz CT molecular complexity index is 974. The van der Waals surface area contributed by atoms with E-state index in [0.29, 0.717) is 35.3 Å². The molecule has 3 rings (SSSR count). The van der Waals surface area contributed by atoms with E-state index in [1.807, 2.05) is 6.92 Å².